The van der Waals surface area contributed by atoms with Gasteiger partial charge in [-0.15, -0.1) is 11.6 Å². The van der Waals surface area contributed by atoms with Gasteiger partial charge in [0.05, 0.1) is 5.69 Å². The standard InChI is InChI=1S/C23H32ClN3O2/c1-8-18(9-2)26-19-12-16(6)25-23(20(19)27-22(28)17(7)24)29-21-14(4)10-13(3)11-15(21)5/h10-12,17-18H,8-9H2,1-7H3,(H,25,26)(H,27,28). The number of halogens is 1. The molecular weight excluding hydrogens is 386 g/mol. The van der Waals surface area contributed by atoms with Crippen molar-refractivity contribution in [3.05, 3.63) is 40.6 Å². The molecule has 0 aliphatic heterocycles. The Balaban J connectivity index is 2.57. The average Bonchev–Trinajstić information content (AvgIpc) is 2.64. The fourth-order valence-electron chi connectivity index (χ4n) is 3.31. The summed E-state index contributed by atoms with van der Waals surface area (Å²) in [6.07, 6.45) is 1.92. The van der Waals surface area contributed by atoms with Crippen LogP contribution in [-0.2, 0) is 4.79 Å². The molecule has 0 saturated heterocycles. The van der Waals surface area contributed by atoms with Crippen molar-refractivity contribution in [3.8, 4) is 11.6 Å². The number of aromatic nitrogens is 1. The highest BCUT2D eigenvalue weighted by molar-refractivity contribution is 6.32. The highest BCUT2D eigenvalue weighted by Gasteiger charge is 2.21. The molecule has 1 aromatic carbocycles. The monoisotopic (exact) mass is 417 g/mol. The molecule has 0 fully saturated rings. The average molecular weight is 418 g/mol. The lowest BCUT2D eigenvalue weighted by atomic mass is 10.1. The maximum Gasteiger partial charge on any atom is 0.245 e. The van der Waals surface area contributed by atoms with Crippen molar-refractivity contribution in [1.29, 1.82) is 0 Å². The van der Waals surface area contributed by atoms with Gasteiger partial charge in [0.15, 0.2) is 0 Å². The Morgan fingerprint density at radius 2 is 1.69 bits per heavy atom. The number of anilines is 2. The highest BCUT2D eigenvalue weighted by Crippen LogP contribution is 2.38. The zero-order valence-electron chi connectivity index (χ0n) is 18.4. The second kappa shape index (κ2) is 9.97. The number of carbonyl (C=O) groups is 1. The van der Waals surface area contributed by atoms with E-state index >= 15 is 0 Å². The molecule has 2 rings (SSSR count). The third-order valence-electron chi connectivity index (χ3n) is 4.87. The molecule has 0 spiro atoms. The van der Waals surface area contributed by atoms with Gasteiger partial charge < -0.3 is 15.4 Å². The third kappa shape index (κ3) is 5.86. The molecule has 29 heavy (non-hydrogen) atoms. The molecule has 1 heterocycles. The number of nitrogens with zero attached hydrogens (tertiary/aromatic N) is 1. The smallest absolute Gasteiger partial charge is 0.245 e. The Labute approximate surface area is 179 Å². The summed E-state index contributed by atoms with van der Waals surface area (Å²) in [7, 11) is 0. The van der Waals surface area contributed by atoms with Gasteiger partial charge in [0.1, 0.15) is 16.8 Å². The second-order valence-electron chi connectivity index (χ2n) is 7.58. The van der Waals surface area contributed by atoms with E-state index in [0.29, 0.717) is 11.6 Å². The number of hydrogen-bond acceptors (Lipinski definition) is 4. The summed E-state index contributed by atoms with van der Waals surface area (Å²) in [6, 6.07) is 6.34. The number of alkyl halides is 1. The normalized spacial score (nSPS) is 12.0. The number of amides is 1. The predicted octanol–water partition coefficient (Wildman–Crippen LogP) is 6.27. The number of hydrogen-bond donors (Lipinski definition) is 2. The minimum atomic E-state index is -0.673. The molecule has 2 N–H and O–H groups in total. The van der Waals surface area contributed by atoms with E-state index in [1.165, 1.54) is 5.56 Å². The van der Waals surface area contributed by atoms with E-state index in [-0.39, 0.29) is 11.9 Å². The lowest BCUT2D eigenvalue weighted by Gasteiger charge is -2.22. The molecule has 1 atom stereocenters. The van der Waals surface area contributed by atoms with Gasteiger partial charge in [-0.2, -0.15) is 0 Å². The number of benzene rings is 1. The number of nitrogens with one attached hydrogen (secondary N) is 2. The van der Waals surface area contributed by atoms with Crippen LogP contribution in [0.15, 0.2) is 18.2 Å². The molecule has 1 unspecified atom stereocenters. The lowest BCUT2D eigenvalue weighted by molar-refractivity contribution is -0.115. The summed E-state index contributed by atoms with van der Waals surface area (Å²) in [5, 5.41) is 5.75. The van der Waals surface area contributed by atoms with Gasteiger partial charge >= 0.3 is 0 Å². The van der Waals surface area contributed by atoms with Crippen LogP contribution in [0.5, 0.6) is 11.6 Å². The molecule has 158 valence electrons. The maximum atomic E-state index is 12.4. The first-order chi connectivity index (χ1) is 13.7. The molecule has 6 heteroatoms. The molecule has 1 amide bonds. The van der Waals surface area contributed by atoms with E-state index in [4.69, 9.17) is 16.3 Å². The van der Waals surface area contributed by atoms with E-state index in [0.717, 1.165) is 41.1 Å². The first-order valence-corrected chi connectivity index (χ1v) is 10.6. The molecule has 0 radical (unpaired) electrons. The minimum absolute atomic E-state index is 0.275. The van der Waals surface area contributed by atoms with Crippen molar-refractivity contribution >= 4 is 28.9 Å². The van der Waals surface area contributed by atoms with Crippen molar-refractivity contribution in [3.63, 3.8) is 0 Å². The quantitative estimate of drug-likeness (QED) is 0.496. The number of aryl methyl sites for hydroxylation is 4. The van der Waals surface area contributed by atoms with E-state index < -0.39 is 5.38 Å². The van der Waals surface area contributed by atoms with Gasteiger partial charge in [-0.3, -0.25) is 4.79 Å². The molecule has 5 nitrogen and oxygen atoms in total. The molecule has 1 aromatic heterocycles. The number of ether oxygens (including phenoxy) is 1. The largest absolute Gasteiger partial charge is 0.436 e. The fourth-order valence-corrected chi connectivity index (χ4v) is 3.37. The topological polar surface area (TPSA) is 63.3 Å². The first kappa shape index (κ1) is 23.0. The summed E-state index contributed by atoms with van der Waals surface area (Å²) in [5.41, 5.74) is 5.30. The Bertz CT molecular complexity index is 854. The van der Waals surface area contributed by atoms with Crippen LogP contribution in [0.1, 0.15) is 56.0 Å². The van der Waals surface area contributed by atoms with Gasteiger partial charge in [0, 0.05) is 11.7 Å². The first-order valence-electron chi connectivity index (χ1n) is 10.1. The molecule has 0 aliphatic rings. The predicted molar refractivity (Wildman–Crippen MR) is 122 cm³/mol. The summed E-state index contributed by atoms with van der Waals surface area (Å²) >= 11 is 6.01. The highest BCUT2D eigenvalue weighted by atomic mass is 35.5. The molecular formula is C23H32ClN3O2. The summed E-state index contributed by atoms with van der Waals surface area (Å²) in [5.74, 6) is 0.808. The molecule has 0 saturated carbocycles. The van der Waals surface area contributed by atoms with Crippen molar-refractivity contribution < 1.29 is 9.53 Å². The van der Waals surface area contributed by atoms with Crippen LogP contribution in [0, 0.1) is 27.7 Å². The van der Waals surface area contributed by atoms with Gasteiger partial charge in [-0.05, 0) is 64.7 Å². The van der Waals surface area contributed by atoms with Gasteiger partial charge in [0.25, 0.3) is 0 Å². The van der Waals surface area contributed by atoms with E-state index in [2.05, 4.69) is 48.5 Å². The zero-order chi connectivity index (χ0) is 21.7. The Kier molecular flexibility index (Phi) is 7.91. The van der Waals surface area contributed by atoms with Crippen molar-refractivity contribution in [2.75, 3.05) is 10.6 Å². The Hall–Kier alpha value is -2.27. The maximum absolute atomic E-state index is 12.4. The van der Waals surface area contributed by atoms with Gasteiger partial charge in [-0.1, -0.05) is 31.5 Å². The minimum Gasteiger partial charge on any atom is -0.436 e. The molecule has 2 aromatic rings. The van der Waals surface area contributed by atoms with Crippen molar-refractivity contribution in [2.45, 2.75) is 72.7 Å². The van der Waals surface area contributed by atoms with Crippen molar-refractivity contribution in [2.24, 2.45) is 0 Å². The Morgan fingerprint density at radius 3 is 2.21 bits per heavy atom. The summed E-state index contributed by atoms with van der Waals surface area (Å²) in [6.45, 7) is 13.9. The van der Waals surface area contributed by atoms with Crippen LogP contribution < -0.4 is 15.4 Å². The summed E-state index contributed by atoms with van der Waals surface area (Å²) < 4.78 is 6.27. The molecule has 0 bridgehead atoms. The van der Waals surface area contributed by atoms with Crippen LogP contribution >= 0.6 is 11.6 Å². The number of carbonyl (C=O) groups excluding carboxylic acids is 1. The SMILES string of the molecule is CCC(CC)Nc1cc(C)nc(Oc2c(C)cc(C)cc2C)c1NC(=O)C(C)Cl. The lowest BCUT2D eigenvalue weighted by Crippen LogP contribution is -2.24. The molecule has 0 aliphatic carbocycles. The zero-order valence-corrected chi connectivity index (χ0v) is 19.2. The van der Waals surface area contributed by atoms with Crippen LogP contribution in [-0.4, -0.2) is 22.3 Å². The van der Waals surface area contributed by atoms with E-state index in [1.807, 2.05) is 26.8 Å². The van der Waals surface area contributed by atoms with Gasteiger partial charge in [0.2, 0.25) is 11.8 Å². The third-order valence-corrected chi connectivity index (χ3v) is 5.07. The fraction of sp³-hybridized carbons (Fsp3) is 0.478. The second-order valence-corrected chi connectivity index (χ2v) is 8.24. The van der Waals surface area contributed by atoms with E-state index in [9.17, 15) is 4.79 Å². The van der Waals surface area contributed by atoms with Gasteiger partial charge in [-0.25, -0.2) is 4.98 Å². The van der Waals surface area contributed by atoms with Crippen LogP contribution in [0.4, 0.5) is 11.4 Å². The van der Waals surface area contributed by atoms with E-state index in [1.54, 1.807) is 6.92 Å². The van der Waals surface area contributed by atoms with Crippen LogP contribution in [0.25, 0.3) is 0 Å². The van der Waals surface area contributed by atoms with Crippen LogP contribution in [0.2, 0.25) is 0 Å². The number of rotatable bonds is 8. The summed E-state index contributed by atoms with van der Waals surface area (Å²) in [4.78, 5) is 17.0. The van der Waals surface area contributed by atoms with Crippen LogP contribution in [0.3, 0.4) is 0 Å². The van der Waals surface area contributed by atoms with Crippen molar-refractivity contribution in [1.82, 2.24) is 4.98 Å². The Morgan fingerprint density at radius 1 is 1.10 bits per heavy atom. The number of pyridine rings is 1.